The molecule has 24 rings (SSSR count). The maximum Gasteiger partial charge on any atom is 0.187 e. The lowest BCUT2D eigenvalue weighted by Gasteiger charge is -2.50. The first-order valence-corrected chi connectivity index (χ1v) is 30.0. The fraction of sp³-hybridized carbons (Fsp3) is 0.782. The van der Waals surface area contributed by atoms with Gasteiger partial charge in [-0.25, -0.2) is 4.68 Å². The van der Waals surface area contributed by atoms with E-state index in [1.807, 2.05) is 30.3 Å². The maximum atomic E-state index is 12.0. The SMILES string of the molecule is OC[C@H]1O[C@@H]2O[C@H]3[C@H](O)[C@@H](O)[C@@H](O[C@H]4[C@H](O)[C@@H](O)[C@@H](O[C@H]5[C@H](O)[C@@H](O)[C@@H](O[C@H]6[C@H](O)[C@@H](O)[C@@H](O[C@H]7[C@H](O)[C@@H](O)[C@@H](O[C@H]8[C@H](O)[C@@H](O)[C@@H](O[C@H]1[C@H](O)[C@H]2O)O[C@@H]8CO)O[C@@H]7CO)O[C@@H]6CO)O[C@@H]5Cn1cc(COc2cccc5ccccc25)nn1)O[C@@H]4CO)O[C@@H]3CO. The molecule has 524 valence electrons. The van der Waals surface area contributed by atoms with Crippen molar-refractivity contribution in [3.8, 4) is 5.75 Å². The predicted molar refractivity (Wildman–Crippen MR) is 290 cm³/mol. The highest BCUT2D eigenvalue weighted by molar-refractivity contribution is 5.88. The maximum absolute atomic E-state index is 12.0. The lowest BCUT2D eigenvalue weighted by Crippen LogP contribution is -2.68. The van der Waals surface area contributed by atoms with Crippen molar-refractivity contribution in [1.29, 1.82) is 0 Å². The van der Waals surface area contributed by atoms with Gasteiger partial charge in [-0.1, -0.05) is 41.6 Å². The second-order valence-corrected chi connectivity index (χ2v) is 23.7. The number of rotatable bonds is 11. The second-order valence-electron chi connectivity index (χ2n) is 23.7. The smallest absolute Gasteiger partial charge is 0.187 e. The standard InChI is InChI=1S/C55H79N3O35/c59-10-22-43-30(67)37(74)51(82-22)90-45-24(12-61)84-53(39(76)32(45)69)92-47-26(14-63)86-55(41(78)34(47)71)93-48-27(15-64)85-54(40(77)33(48)70)91-46-25(13-62)83-52(38(75)31(46)68)89-44-23(11-60)81-50(36(73)29(44)66)87-42-21(80-49(88-43)35(72)28(42)65)9-58-8-18(56-57-58)16-79-20-7-3-5-17-4-1-2-6-19(17)20/h1-8,21-55,59-78H,9-16H2/t21-,22-,23-,24-,25-,26-,27-,28-,29-,30-,31-,32-,33-,34-,35-,36-,37-,38-,39-,40-,41-,42-,43-,44-,45-,46-,47-,48-,49-,50-,51-,52-,53-,54-,55-/m1/s1. The number of nitrogens with zero attached hydrogens (tertiary/aromatic N) is 3. The zero-order valence-corrected chi connectivity index (χ0v) is 48.9. The first kappa shape index (κ1) is 70.6. The molecule has 21 fully saturated rings. The van der Waals surface area contributed by atoms with Gasteiger partial charge in [0, 0.05) is 5.39 Å². The lowest BCUT2D eigenvalue weighted by atomic mass is 9.95. The summed E-state index contributed by atoms with van der Waals surface area (Å²) in [6.07, 6.45) is -69.3. The van der Waals surface area contributed by atoms with Crippen LogP contribution in [0.25, 0.3) is 10.8 Å². The third-order valence-corrected chi connectivity index (χ3v) is 17.7. The highest BCUT2D eigenvalue weighted by Crippen LogP contribution is 2.39. The molecule has 21 aliphatic heterocycles. The van der Waals surface area contributed by atoms with Crippen LogP contribution in [0.3, 0.4) is 0 Å². The van der Waals surface area contributed by atoms with Crippen LogP contribution >= 0.6 is 0 Å². The number of hydrogen-bond donors (Lipinski definition) is 20. The minimum absolute atomic E-state index is 0.126. The molecule has 0 unspecified atom stereocenters. The largest absolute Gasteiger partial charge is 0.487 e. The Balaban J connectivity index is 0.885. The number of aliphatic hydroxyl groups excluding tert-OH is 20. The molecular weight excluding hydrogens is 1260 g/mol. The Hall–Kier alpha value is -3.72. The lowest BCUT2D eigenvalue weighted by molar-refractivity contribution is -0.396. The Morgan fingerprint density at radius 3 is 0.892 bits per heavy atom. The molecule has 21 saturated heterocycles. The van der Waals surface area contributed by atoms with Gasteiger partial charge in [0.25, 0.3) is 0 Å². The number of aliphatic hydroxyl groups is 20. The number of benzene rings is 2. The van der Waals surface area contributed by atoms with Gasteiger partial charge in [-0.05, 0) is 11.5 Å². The van der Waals surface area contributed by atoms with Crippen LogP contribution < -0.4 is 4.74 Å². The molecule has 22 heterocycles. The first-order valence-electron chi connectivity index (χ1n) is 30.0. The Morgan fingerprint density at radius 1 is 0.323 bits per heavy atom. The van der Waals surface area contributed by atoms with Crippen molar-refractivity contribution in [3.63, 3.8) is 0 Å². The second kappa shape index (κ2) is 30.2. The summed E-state index contributed by atoms with van der Waals surface area (Å²) in [5.74, 6) is 0.512. The molecule has 2 aromatic carbocycles. The molecule has 3 aromatic rings. The van der Waals surface area contributed by atoms with Crippen LogP contribution in [0.4, 0.5) is 0 Å². The molecule has 0 amide bonds. The molecule has 0 saturated carbocycles. The molecule has 14 bridgehead atoms. The van der Waals surface area contributed by atoms with Gasteiger partial charge in [0.05, 0.1) is 52.4 Å². The number of hydrogen-bond acceptors (Lipinski definition) is 37. The normalized spacial score (nSPS) is 47.8. The molecule has 0 spiro atoms. The Kier molecular flexibility index (Phi) is 22.9. The van der Waals surface area contributed by atoms with Crippen LogP contribution in [0, 0.1) is 0 Å². The zero-order chi connectivity index (χ0) is 66.4. The summed E-state index contributed by atoms with van der Waals surface area (Å²) in [4.78, 5) is 0. The van der Waals surface area contributed by atoms with Crippen molar-refractivity contribution in [1.82, 2.24) is 15.0 Å². The number of ether oxygens (including phenoxy) is 15. The van der Waals surface area contributed by atoms with Crippen LogP contribution in [-0.4, -0.2) is 372 Å². The molecule has 0 aliphatic carbocycles. The third-order valence-electron chi connectivity index (χ3n) is 17.7. The van der Waals surface area contributed by atoms with Gasteiger partial charge in [0.15, 0.2) is 44.0 Å². The topological polar surface area (TPSA) is 574 Å². The van der Waals surface area contributed by atoms with Crippen molar-refractivity contribution < 1.29 is 173 Å². The van der Waals surface area contributed by atoms with Crippen molar-refractivity contribution >= 4 is 10.8 Å². The Morgan fingerprint density at radius 2 is 0.591 bits per heavy atom. The van der Waals surface area contributed by atoms with Gasteiger partial charge in [0.2, 0.25) is 0 Å². The van der Waals surface area contributed by atoms with Crippen molar-refractivity contribution in [2.75, 3.05) is 39.6 Å². The quantitative estimate of drug-likeness (QED) is 0.0848. The molecule has 21 aliphatic rings. The molecule has 20 N–H and O–H groups in total. The summed E-state index contributed by atoms with van der Waals surface area (Å²) in [5, 5.41) is 235. The van der Waals surface area contributed by atoms with Gasteiger partial charge in [-0.15, -0.1) is 5.10 Å². The highest BCUT2D eigenvalue weighted by atomic mass is 16.8. The van der Waals surface area contributed by atoms with E-state index in [0.717, 1.165) is 10.8 Å². The van der Waals surface area contributed by atoms with E-state index in [4.69, 9.17) is 71.1 Å². The Bertz CT molecular complexity index is 2840. The summed E-state index contributed by atoms with van der Waals surface area (Å²) in [5.41, 5.74) is 0.258. The molecule has 1 aromatic heterocycles. The van der Waals surface area contributed by atoms with E-state index in [2.05, 4.69) is 10.3 Å². The molecule has 93 heavy (non-hydrogen) atoms. The van der Waals surface area contributed by atoms with Crippen LogP contribution in [0.15, 0.2) is 48.7 Å². The zero-order valence-electron chi connectivity index (χ0n) is 48.9. The van der Waals surface area contributed by atoms with Gasteiger partial charge in [-0.2, -0.15) is 0 Å². The van der Waals surface area contributed by atoms with E-state index < -0.39 is 261 Å². The third kappa shape index (κ3) is 14.2. The summed E-state index contributed by atoms with van der Waals surface area (Å²) in [7, 11) is 0. The van der Waals surface area contributed by atoms with E-state index >= 15 is 0 Å². The summed E-state index contributed by atoms with van der Waals surface area (Å²) in [6.45, 7) is -6.94. The molecule has 35 atom stereocenters. The van der Waals surface area contributed by atoms with Gasteiger partial charge in [0.1, 0.15) is 189 Å². The van der Waals surface area contributed by atoms with Crippen molar-refractivity contribution in [2.24, 2.45) is 0 Å². The Labute approximate surface area is 525 Å². The minimum Gasteiger partial charge on any atom is -0.487 e. The van der Waals surface area contributed by atoms with Crippen LogP contribution in [0.2, 0.25) is 0 Å². The summed E-state index contributed by atoms with van der Waals surface area (Å²) >= 11 is 0. The van der Waals surface area contributed by atoms with Crippen molar-refractivity contribution in [2.45, 2.75) is 228 Å². The molecule has 0 radical (unpaired) electrons. The van der Waals surface area contributed by atoms with Crippen LogP contribution in [-0.2, 0) is 79.5 Å². The van der Waals surface area contributed by atoms with E-state index in [1.165, 1.54) is 10.9 Å². The van der Waals surface area contributed by atoms with E-state index in [1.54, 1.807) is 12.1 Å². The summed E-state index contributed by atoms with van der Waals surface area (Å²) < 4.78 is 89.2. The fourth-order valence-electron chi connectivity index (χ4n) is 12.6. The van der Waals surface area contributed by atoms with Gasteiger partial charge in [-0.3, -0.25) is 0 Å². The van der Waals surface area contributed by atoms with Crippen LogP contribution in [0.5, 0.6) is 5.75 Å². The highest BCUT2D eigenvalue weighted by Gasteiger charge is 2.60. The minimum atomic E-state index is -2.23. The summed E-state index contributed by atoms with van der Waals surface area (Å²) in [6, 6.07) is 12.9. The fourth-order valence-corrected chi connectivity index (χ4v) is 12.6. The number of fused-ring (bicyclic) bond motifs is 1. The monoisotopic (exact) mass is 1340 g/mol. The molecular formula is C55H79N3O35. The average Bonchev–Trinajstić information content (AvgIpc) is 0.887. The van der Waals surface area contributed by atoms with Gasteiger partial charge < -0.3 is 173 Å². The predicted octanol–water partition coefficient (Wildman–Crippen LogP) is -12.2. The van der Waals surface area contributed by atoms with Crippen LogP contribution in [0.1, 0.15) is 5.69 Å². The number of aromatic nitrogens is 3. The van der Waals surface area contributed by atoms with E-state index in [9.17, 15) is 102 Å². The van der Waals surface area contributed by atoms with Crippen molar-refractivity contribution in [3.05, 3.63) is 54.4 Å². The van der Waals surface area contributed by atoms with Gasteiger partial charge >= 0.3 is 0 Å². The molecule has 38 heteroatoms. The average molecular weight is 1340 g/mol. The first-order chi connectivity index (χ1) is 44.6. The van der Waals surface area contributed by atoms with E-state index in [0.29, 0.717) is 5.75 Å². The van der Waals surface area contributed by atoms with E-state index in [-0.39, 0.29) is 12.3 Å². The molecule has 38 nitrogen and oxygen atoms in total.